The van der Waals surface area contributed by atoms with Crippen molar-refractivity contribution in [3.63, 3.8) is 0 Å². The number of nitrogens with zero attached hydrogens (tertiary/aromatic N) is 2. The third kappa shape index (κ3) is 2.98. The minimum atomic E-state index is 0.478. The van der Waals surface area contributed by atoms with Crippen LogP contribution in [-0.4, -0.2) is 10.2 Å². The molecule has 0 fully saturated rings. The molecule has 0 atom stereocenters. The first-order valence-corrected chi connectivity index (χ1v) is 6.37. The smallest absolute Gasteiger partial charge is 0.235 e. The monoisotopic (exact) mass is 315 g/mol. The molecule has 0 bridgehead atoms. The number of anilines is 1. The zero-order valence-electron chi connectivity index (χ0n) is 9.20. The lowest BCUT2D eigenvalue weighted by Crippen LogP contribution is -2.00. The molecule has 0 amide bonds. The van der Waals surface area contributed by atoms with E-state index in [1.807, 2.05) is 25.1 Å². The molecule has 17 heavy (non-hydrogen) atoms. The van der Waals surface area contributed by atoms with Crippen LogP contribution in [0.4, 0.5) is 5.69 Å². The molecule has 0 saturated heterocycles. The quantitative estimate of drug-likeness (QED) is 0.935. The summed E-state index contributed by atoms with van der Waals surface area (Å²) >= 11 is 9.40. The summed E-state index contributed by atoms with van der Waals surface area (Å²) in [7, 11) is 0. The summed E-state index contributed by atoms with van der Waals surface area (Å²) in [4.78, 5) is 0. The fourth-order valence-corrected chi connectivity index (χ4v) is 1.89. The third-order valence-electron chi connectivity index (χ3n) is 2.19. The van der Waals surface area contributed by atoms with Gasteiger partial charge in [0, 0.05) is 6.42 Å². The Labute approximate surface area is 113 Å². The van der Waals surface area contributed by atoms with Gasteiger partial charge < -0.3 is 9.73 Å². The Morgan fingerprint density at radius 2 is 2.12 bits per heavy atom. The molecule has 0 saturated carbocycles. The van der Waals surface area contributed by atoms with Crippen LogP contribution in [-0.2, 0) is 13.0 Å². The zero-order valence-corrected chi connectivity index (χ0v) is 11.5. The molecule has 1 N–H and O–H groups in total. The topological polar surface area (TPSA) is 51.0 Å². The third-order valence-corrected chi connectivity index (χ3v) is 3.59. The molecule has 0 spiro atoms. The summed E-state index contributed by atoms with van der Waals surface area (Å²) in [5.74, 6) is 1.21. The van der Waals surface area contributed by atoms with Crippen molar-refractivity contribution in [2.45, 2.75) is 19.9 Å². The molecular weight excluding hydrogens is 305 g/mol. The van der Waals surface area contributed by atoms with Crippen LogP contribution >= 0.6 is 27.5 Å². The van der Waals surface area contributed by atoms with Gasteiger partial charge in [0.1, 0.15) is 0 Å². The van der Waals surface area contributed by atoms with Gasteiger partial charge in [0.25, 0.3) is 0 Å². The van der Waals surface area contributed by atoms with E-state index in [0.29, 0.717) is 23.3 Å². The lowest BCUT2D eigenvalue weighted by atomic mass is 10.3. The van der Waals surface area contributed by atoms with E-state index in [1.54, 1.807) is 0 Å². The number of hydrogen-bond acceptors (Lipinski definition) is 4. The molecule has 0 aliphatic rings. The normalized spacial score (nSPS) is 10.5. The Morgan fingerprint density at radius 3 is 2.82 bits per heavy atom. The molecule has 2 aromatic rings. The molecule has 1 aromatic carbocycles. The number of aryl methyl sites for hydroxylation is 1. The van der Waals surface area contributed by atoms with Gasteiger partial charge in [-0.25, -0.2) is 0 Å². The van der Waals surface area contributed by atoms with E-state index in [1.165, 1.54) is 0 Å². The van der Waals surface area contributed by atoms with Gasteiger partial charge in [-0.3, -0.25) is 0 Å². The van der Waals surface area contributed by atoms with Crippen LogP contribution in [0.25, 0.3) is 0 Å². The van der Waals surface area contributed by atoms with E-state index in [0.717, 1.165) is 16.6 Å². The molecule has 2 rings (SSSR count). The summed E-state index contributed by atoms with van der Waals surface area (Å²) < 4.78 is 6.22. The van der Waals surface area contributed by atoms with Gasteiger partial charge in [0.15, 0.2) is 0 Å². The van der Waals surface area contributed by atoms with Crippen LogP contribution < -0.4 is 5.32 Å². The van der Waals surface area contributed by atoms with E-state index in [9.17, 15) is 0 Å². The first-order valence-electron chi connectivity index (χ1n) is 5.20. The van der Waals surface area contributed by atoms with Crippen molar-refractivity contribution < 1.29 is 4.42 Å². The van der Waals surface area contributed by atoms with Crippen LogP contribution in [0, 0.1) is 0 Å². The highest BCUT2D eigenvalue weighted by molar-refractivity contribution is 9.10. The molecule has 0 aliphatic carbocycles. The second-order valence-electron chi connectivity index (χ2n) is 3.40. The van der Waals surface area contributed by atoms with Crippen LogP contribution in [0.5, 0.6) is 0 Å². The van der Waals surface area contributed by atoms with Gasteiger partial charge in [0.2, 0.25) is 11.8 Å². The van der Waals surface area contributed by atoms with Gasteiger partial charge in [-0.1, -0.05) is 24.6 Å². The fourth-order valence-electron chi connectivity index (χ4n) is 1.31. The molecule has 1 heterocycles. The summed E-state index contributed by atoms with van der Waals surface area (Å²) in [5.41, 5.74) is 0.897. The van der Waals surface area contributed by atoms with Gasteiger partial charge >= 0.3 is 0 Å². The summed E-state index contributed by atoms with van der Waals surface area (Å²) in [5, 5.41) is 11.7. The number of aromatic nitrogens is 2. The Kier molecular flexibility index (Phi) is 4.02. The Hall–Kier alpha value is -1.07. The number of nitrogens with one attached hydrogen (secondary N) is 1. The predicted octanol–water partition coefficient (Wildman–Crippen LogP) is 3.66. The van der Waals surface area contributed by atoms with Crippen molar-refractivity contribution in [1.82, 2.24) is 10.2 Å². The lowest BCUT2D eigenvalue weighted by Gasteiger charge is -2.06. The predicted molar refractivity (Wildman–Crippen MR) is 70.2 cm³/mol. The highest BCUT2D eigenvalue weighted by Gasteiger charge is 2.06. The van der Waals surface area contributed by atoms with E-state index in [4.69, 9.17) is 16.0 Å². The molecule has 6 heteroatoms. The standard InChI is InChI=1S/C11H11BrClN3O/c1-2-9-15-16-10(17-9)6-14-8-5-3-4-7(13)11(8)12/h3-5,14H,2,6H2,1H3. The average molecular weight is 317 g/mol. The second-order valence-corrected chi connectivity index (χ2v) is 4.60. The largest absolute Gasteiger partial charge is 0.423 e. The number of rotatable bonds is 4. The van der Waals surface area contributed by atoms with E-state index in [2.05, 4.69) is 31.4 Å². The highest BCUT2D eigenvalue weighted by Crippen LogP contribution is 2.30. The maximum Gasteiger partial charge on any atom is 0.235 e. The Morgan fingerprint density at radius 1 is 1.35 bits per heavy atom. The average Bonchev–Trinajstić information content (AvgIpc) is 2.79. The van der Waals surface area contributed by atoms with Crippen molar-refractivity contribution in [2.75, 3.05) is 5.32 Å². The van der Waals surface area contributed by atoms with Crippen molar-refractivity contribution >= 4 is 33.2 Å². The molecule has 0 unspecified atom stereocenters. The zero-order chi connectivity index (χ0) is 12.3. The maximum atomic E-state index is 5.98. The number of benzene rings is 1. The molecule has 4 nitrogen and oxygen atoms in total. The minimum absolute atomic E-state index is 0.478. The fraction of sp³-hybridized carbons (Fsp3) is 0.273. The van der Waals surface area contributed by atoms with Crippen molar-refractivity contribution in [3.8, 4) is 0 Å². The SMILES string of the molecule is CCc1nnc(CNc2cccc(Cl)c2Br)o1. The molecule has 0 aliphatic heterocycles. The summed E-state index contributed by atoms with van der Waals surface area (Å²) in [6.07, 6.45) is 0.744. The van der Waals surface area contributed by atoms with Gasteiger partial charge in [-0.05, 0) is 28.1 Å². The van der Waals surface area contributed by atoms with Gasteiger partial charge in [-0.2, -0.15) is 0 Å². The first-order chi connectivity index (χ1) is 8.20. The van der Waals surface area contributed by atoms with E-state index in [-0.39, 0.29) is 0 Å². The molecule has 0 radical (unpaired) electrons. The highest BCUT2D eigenvalue weighted by atomic mass is 79.9. The van der Waals surface area contributed by atoms with Crippen LogP contribution in [0.1, 0.15) is 18.7 Å². The van der Waals surface area contributed by atoms with Crippen LogP contribution in [0.15, 0.2) is 27.1 Å². The van der Waals surface area contributed by atoms with Crippen molar-refractivity contribution in [1.29, 1.82) is 0 Å². The van der Waals surface area contributed by atoms with E-state index < -0.39 is 0 Å². The minimum Gasteiger partial charge on any atom is -0.423 e. The van der Waals surface area contributed by atoms with Crippen LogP contribution in [0.2, 0.25) is 5.02 Å². The van der Waals surface area contributed by atoms with Crippen LogP contribution in [0.3, 0.4) is 0 Å². The van der Waals surface area contributed by atoms with E-state index >= 15 is 0 Å². The first kappa shape index (κ1) is 12.4. The Balaban J connectivity index is 2.04. The van der Waals surface area contributed by atoms with Gasteiger partial charge in [0.05, 0.1) is 21.7 Å². The summed E-state index contributed by atoms with van der Waals surface area (Å²) in [6, 6.07) is 5.62. The number of halogens is 2. The Bertz CT molecular complexity index is 515. The van der Waals surface area contributed by atoms with Crippen molar-refractivity contribution in [2.24, 2.45) is 0 Å². The number of hydrogen-bond donors (Lipinski definition) is 1. The summed E-state index contributed by atoms with van der Waals surface area (Å²) in [6.45, 7) is 2.45. The van der Waals surface area contributed by atoms with Gasteiger partial charge in [-0.15, -0.1) is 10.2 Å². The molecule has 90 valence electrons. The second kappa shape index (κ2) is 5.51. The molecule has 1 aromatic heterocycles. The van der Waals surface area contributed by atoms with Crippen molar-refractivity contribution in [3.05, 3.63) is 39.5 Å². The lowest BCUT2D eigenvalue weighted by molar-refractivity contribution is 0.460. The maximum absolute atomic E-state index is 5.98. The molecular formula is C11H11BrClN3O.